The number of halogens is 2. The lowest BCUT2D eigenvalue weighted by atomic mass is 10.2. The van der Waals surface area contributed by atoms with Crippen LogP contribution in [-0.4, -0.2) is 22.0 Å². The standard InChI is InChI=1S/C24H22F2N4O/c1-2-10-27-23-9-7-20(14-28-23)29-24(31)22-13-17-12-19(26)6-8-21(17)30(22)15-16-4-3-5-18(25)11-16/h3-9,11-14H,2,10,15H2,1H3,(H,27,28)(H,29,31). The van der Waals surface area contributed by atoms with Crippen LogP contribution in [0.2, 0.25) is 0 Å². The molecule has 158 valence electrons. The summed E-state index contributed by atoms with van der Waals surface area (Å²) < 4.78 is 29.2. The molecule has 0 saturated carbocycles. The fourth-order valence-corrected chi connectivity index (χ4v) is 3.44. The number of carbonyl (C=O) groups excluding carboxylic acids is 1. The molecule has 1 amide bonds. The Bertz CT molecular complexity index is 1220. The van der Waals surface area contributed by atoms with Crippen molar-refractivity contribution in [2.45, 2.75) is 19.9 Å². The van der Waals surface area contributed by atoms with Gasteiger partial charge < -0.3 is 15.2 Å². The number of fused-ring (bicyclic) bond motifs is 1. The second-order valence-corrected chi connectivity index (χ2v) is 7.26. The maximum Gasteiger partial charge on any atom is 0.272 e. The molecule has 2 aromatic carbocycles. The van der Waals surface area contributed by atoms with Gasteiger partial charge in [-0.1, -0.05) is 19.1 Å². The van der Waals surface area contributed by atoms with Crippen molar-refractivity contribution in [1.82, 2.24) is 9.55 Å². The topological polar surface area (TPSA) is 58.9 Å². The summed E-state index contributed by atoms with van der Waals surface area (Å²) >= 11 is 0. The summed E-state index contributed by atoms with van der Waals surface area (Å²) in [7, 11) is 0. The van der Waals surface area contributed by atoms with Gasteiger partial charge >= 0.3 is 0 Å². The summed E-state index contributed by atoms with van der Waals surface area (Å²) in [6.45, 7) is 3.15. The zero-order chi connectivity index (χ0) is 21.8. The molecule has 0 atom stereocenters. The van der Waals surface area contributed by atoms with E-state index in [4.69, 9.17) is 0 Å². The summed E-state index contributed by atoms with van der Waals surface area (Å²) in [5.41, 5.74) is 2.27. The van der Waals surface area contributed by atoms with Crippen LogP contribution in [0.3, 0.4) is 0 Å². The summed E-state index contributed by atoms with van der Waals surface area (Å²) in [5.74, 6) is -0.366. The smallest absolute Gasteiger partial charge is 0.272 e. The number of nitrogens with one attached hydrogen (secondary N) is 2. The van der Waals surface area contributed by atoms with E-state index in [0.717, 1.165) is 18.8 Å². The van der Waals surface area contributed by atoms with Crippen molar-refractivity contribution in [3.63, 3.8) is 0 Å². The van der Waals surface area contributed by atoms with Crippen LogP contribution in [0.25, 0.3) is 10.9 Å². The molecular formula is C24H22F2N4O. The summed E-state index contributed by atoms with van der Waals surface area (Å²) in [4.78, 5) is 17.4. The second-order valence-electron chi connectivity index (χ2n) is 7.26. The molecule has 0 unspecified atom stereocenters. The molecule has 2 N–H and O–H groups in total. The van der Waals surface area contributed by atoms with E-state index in [2.05, 4.69) is 22.5 Å². The molecule has 4 rings (SSSR count). The molecule has 5 nitrogen and oxygen atoms in total. The van der Waals surface area contributed by atoms with Crippen molar-refractivity contribution >= 4 is 28.3 Å². The Morgan fingerprint density at radius 3 is 2.61 bits per heavy atom. The van der Waals surface area contributed by atoms with Gasteiger partial charge in [-0.25, -0.2) is 13.8 Å². The zero-order valence-electron chi connectivity index (χ0n) is 17.0. The fraction of sp³-hybridized carbons (Fsp3) is 0.167. The molecule has 0 fully saturated rings. The van der Waals surface area contributed by atoms with E-state index in [-0.39, 0.29) is 24.1 Å². The van der Waals surface area contributed by atoms with Crippen molar-refractivity contribution in [2.24, 2.45) is 0 Å². The third-order valence-corrected chi connectivity index (χ3v) is 4.90. The molecule has 0 aliphatic heterocycles. The minimum Gasteiger partial charge on any atom is -0.370 e. The van der Waals surface area contributed by atoms with Gasteiger partial charge in [0.2, 0.25) is 0 Å². The number of anilines is 2. The number of aromatic nitrogens is 2. The normalized spacial score (nSPS) is 10.9. The van der Waals surface area contributed by atoms with E-state index < -0.39 is 0 Å². The van der Waals surface area contributed by atoms with Crippen LogP contribution in [0.5, 0.6) is 0 Å². The highest BCUT2D eigenvalue weighted by Gasteiger charge is 2.17. The van der Waals surface area contributed by atoms with Gasteiger partial charge in [0, 0.05) is 24.0 Å². The molecule has 0 radical (unpaired) electrons. The lowest BCUT2D eigenvalue weighted by molar-refractivity contribution is 0.101. The van der Waals surface area contributed by atoms with Crippen LogP contribution < -0.4 is 10.6 Å². The fourth-order valence-electron chi connectivity index (χ4n) is 3.44. The molecule has 0 saturated heterocycles. The number of amides is 1. The van der Waals surface area contributed by atoms with Crippen molar-refractivity contribution in [1.29, 1.82) is 0 Å². The minimum atomic E-state index is -0.387. The highest BCUT2D eigenvalue weighted by molar-refractivity contribution is 6.06. The van der Waals surface area contributed by atoms with E-state index in [0.29, 0.717) is 27.8 Å². The molecule has 0 aliphatic rings. The van der Waals surface area contributed by atoms with E-state index in [1.807, 2.05) is 0 Å². The Morgan fingerprint density at radius 2 is 1.87 bits per heavy atom. The summed E-state index contributed by atoms with van der Waals surface area (Å²) in [5, 5.41) is 6.61. The van der Waals surface area contributed by atoms with E-state index in [1.165, 1.54) is 24.3 Å². The summed E-state index contributed by atoms with van der Waals surface area (Å²) in [6, 6.07) is 15.7. The molecule has 2 aromatic heterocycles. The third kappa shape index (κ3) is 4.71. The molecule has 2 heterocycles. The summed E-state index contributed by atoms with van der Waals surface area (Å²) in [6.07, 6.45) is 2.56. The number of hydrogen-bond donors (Lipinski definition) is 2. The Balaban J connectivity index is 1.64. The largest absolute Gasteiger partial charge is 0.370 e. The monoisotopic (exact) mass is 420 g/mol. The highest BCUT2D eigenvalue weighted by atomic mass is 19.1. The lowest BCUT2D eigenvalue weighted by Gasteiger charge is -2.12. The maximum absolute atomic E-state index is 13.8. The SMILES string of the molecule is CCCNc1ccc(NC(=O)c2cc3cc(F)ccc3n2Cc2cccc(F)c2)cn1. The first-order chi connectivity index (χ1) is 15.0. The molecule has 0 aliphatic carbocycles. The average molecular weight is 420 g/mol. The van der Waals surface area contributed by atoms with Gasteiger partial charge in [0.25, 0.3) is 5.91 Å². The number of carbonyl (C=O) groups is 1. The molecule has 0 spiro atoms. The molecule has 4 aromatic rings. The Labute approximate surface area is 178 Å². The van der Waals surface area contributed by atoms with Crippen molar-refractivity contribution in [3.05, 3.63) is 89.8 Å². The van der Waals surface area contributed by atoms with Gasteiger partial charge in [0.05, 0.1) is 11.9 Å². The van der Waals surface area contributed by atoms with Crippen molar-refractivity contribution in [3.8, 4) is 0 Å². The van der Waals surface area contributed by atoms with Gasteiger partial charge in [-0.3, -0.25) is 4.79 Å². The van der Waals surface area contributed by atoms with Gasteiger partial charge in [-0.15, -0.1) is 0 Å². The third-order valence-electron chi connectivity index (χ3n) is 4.90. The van der Waals surface area contributed by atoms with E-state index in [9.17, 15) is 13.6 Å². The maximum atomic E-state index is 13.8. The quantitative estimate of drug-likeness (QED) is 0.419. The average Bonchev–Trinajstić information content (AvgIpc) is 3.10. The minimum absolute atomic E-state index is 0.272. The van der Waals surface area contributed by atoms with Crippen LogP contribution in [-0.2, 0) is 6.54 Å². The Morgan fingerprint density at radius 1 is 1.03 bits per heavy atom. The van der Waals surface area contributed by atoms with Crippen molar-refractivity contribution in [2.75, 3.05) is 17.2 Å². The number of hydrogen-bond acceptors (Lipinski definition) is 3. The van der Waals surface area contributed by atoms with Gasteiger partial charge in [0.1, 0.15) is 23.1 Å². The predicted octanol–water partition coefficient (Wildman–Crippen LogP) is 5.44. The van der Waals surface area contributed by atoms with Crippen molar-refractivity contribution < 1.29 is 13.6 Å². The lowest BCUT2D eigenvalue weighted by Crippen LogP contribution is -2.17. The first-order valence-corrected chi connectivity index (χ1v) is 10.1. The second kappa shape index (κ2) is 8.95. The Kier molecular flexibility index (Phi) is 5.93. The molecule has 7 heteroatoms. The molecular weight excluding hydrogens is 398 g/mol. The van der Waals surface area contributed by atoms with Gasteiger partial charge in [-0.2, -0.15) is 0 Å². The zero-order valence-corrected chi connectivity index (χ0v) is 17.0. The number of nitrogens with zero attached hydrogens (tertiary/aromatic N) is 2. The van der Waals surface area contributed by atoms with Crippen LogP contribution in [0.1, 0.15) is 29.4 Å². The van der Waals surface area contributed by atoms with E-state index >= 15 is 0 Å². The number of benzene rings is 2. The van der Waals surface area contributed by atoms with Crippen LogP contribution in [0, 0.1) is 11.6 Å². The number of rotatable bonds is 7. The van der Waals surface area contributed by atoms with Crippen LogP contribution in [0.4, 0.5) is 20.3 Å². The van der Waals surface area contributed by atoms with E-state index in [1.54, 1.807) is 47.2 Å². The van der Waals surface area contributed by atoms with Crippen LogP contribution in [0.15, 0.2) is 66.9 Å². The first kappa shape index (κ1) is 20.5. The Hall–Kier alpha value is -3.74. The van der Waals surface area contributed by atoms with Crippen LogP contribution >= 0.6 is 0 Å². The number of pyridine rings is 1. The molecule has 31 heavy (non-hydrogen) atoms. The molecule has 0 bridgehead atoms. The highest BCUT2D eigenvalue weighted by Crippen LogP contribution is 2.24. The van der Waals surface area contributed by atoms with Gasteiger partial charge in [-0.05, 0) is 60.5 Å². The predicted molar refractivity (Wildman–Crippen MR) is 118 cm³/mol. The van der Waals surface area contributed by atoms with Gasteiger partial charge in [0.15, 0.2) is 0 Å². The first-order valence-electron chi connectivity index (χ1n) is 10.1.